The first-order valence-electron chi connectivity index (χ1n) is 4.38. The third-order valence-corrected chi connectivity index (χ3v) is 2.94. The van der Waals surface area contributed by atoms with Gasteiger partial charge in [-0.3, -0.25) is 0 Å². The van der Waals surface area contributed by atoms with Gasteiger partial charge in [-0.15, -0.1) is 0 Å². The summed E-state index contributed by atoms with van der Waals surface area (Å²) in [6.45, 7) is 0.804. The van der Waals surface area contributed by atoms with Crippen molar-refractivity contribution in [3.8, 4) is 6.07 Å². The molecule has 11 heavy (non-hydrogen) atoms. The highest BCUT2D eigenvalue weighted by atomic mass is 16.5. The Morgan fingerprint density at radius 3 is 2.82 bits per heavy atom. The van der Waals surface area contributed by atoms with Gasteiger partial charge in [-0.25, -0.2) is 0 Å². The van der Waals surface area contributed by atoms with Crippen LogP contribution in [0.3, 0.4) is 0 Å². The van der Waals surface area contributed by atoms with Gasteiger partial charge in [-0.2, -0.15) is 5.26 Å². The lowest BCUT2D eigenvalue weighted by Gasteiger charge is -2.45. The van der Waals surface area contributed by atoms with Gasteiger partial charge < -0.3 is 4.74 Å². The van der Waals surface area contributed by atoms with Crippen LogP contribution in [0.25, 0.3) is 0 Å². The Morgan fingerprint density at radius 2 is 2.27 bits per heavy atom. The summed E-state index contributed by atoms with van der Waals surface area (Å²) in [4.78, 5) is 0. The van der Waals surface area contributed by atoms with E-state index in [9.17, 15) is 0 Å². The Morgan fingerprint density at radius 1 is 1.45 bits per heavy atom. The predicted molar refractivity (Wildman–Crippen MR) is 40.9 cm³/mol. The molecule has 1 aliphatic carbocycles. The van der Waals surface area contributed by atoms with Crippen LogP contribution in [0, 0.1) is 17.2 Å². The number of ether oxygens (including phenoxy) is 1. The molecule has 0 N–H and O–H groups in total. The molecule has 1 unspecified atom stereocenters. The second kappa shape index (κ2) is 2.49. The normalized spacial score (nSPS) is 34.3. The monoisotopic (exact) mass is 151 g/mol. The maximum absolute atomic E-state index is 8.74. The molecule has 0 amide bonds. The van der Waals surface area contributed by atoms with E-state index in [4.69, 9.17) is 10.00 Å². The highest BCUT2D eigenvalue weighted by Gasteiger charge is 2.42. The second-order valence-electron chi connectivity index (χ2n) is 3.70. The molecule has 0 radical (unpaired) electrons. The smallest absolute Gasteiger partial charge is 0.0695 e. The topological polar surface area (TPSA) is 33.0 Å². The van der Waals surface area contributed by atoms with Gasteiger partial charge in [0.25, 0.3) is 0 Å². The maximum atomic E-state index is 8.74. The summed E-state index contributed by atoms with van der Waals surface area (Å²) in [6, 6.07) is 2.35. The summed E-state index contributed by atoms with van der Waals surface area (Å²) >= 11 is 0. The summed E-state index contributed by atoms with van der Waals surface area (Å²) < 4.78 is 5.68. The third-order valence-electron chi connectivity index (χ3n) is 2.94. The van der Waals surface area contributed by atoms with E-state index in [0.717, 1.165) is 19.4 Å². The van der Waals surface area contributed by atoms with Crippen molar-refractivity contribution in [3.05, 3.63) is 0 Å². The molecule has 2 fully saturated rings. The molecule has 1 heterocycles. The van der Waals surface area contributed by atoms with Crippen LogP contribution in [0.5, 0.6) is 0 Å². The van der Waals surface area contributed by atoms with Crippen molar-refractivity contribution in [1.82, 2.24) is 0 Å². The van der Waals surface area contributed by atoms with Gasteiger partial charge in [0.15, 0.2) is 0 Å². The van der Waals surface area contributed by atoms with E-state index in [1.54, 1.807) is 0 Å². The SMILES string of the molecule is N#CC1CCOC2(CCC2)C1. The van der Waals surface area contributed by atoms with Gasteiger partial charge in [-0.05, 0) is 32.1 Å². The van der Waals surface area contributed by atoms with Gasteiger partial charge in [0, 0.05) is 6.61 Å². The highest BCUT2D eigenvalue weighted by Crippen LogP contribution is 2.43. The molecule has 0 aromatic carbocycles. The number of nitrogens with zero attached hydrogens (tertiary/aromatic N) is 1. The van der Waals surface area contributed by atoms with Crippen molar-refractivity contribution >= 4 is 0 Å². The minimum absolute atomic E-state index is 0.151. The Kier molecular flexibility index (Phi) is 1.61. The van der Waals surface area contributed by atoms with Crippen molar-refractivity contribution in [2.45, 2.75) is 37.7 Å². The first-order valence-corrected chi connectivity index (χ1v) is 4.38. The first kappa shape index (κ1) is 7.12. The Balaban J connectivity index is 1.98. The van der Waals surface area contributed by atoms with Gasteiger partial charge in [0.05, 0.1) is 17.6 Å². The van der Waals surface area contributed by atoms with Crippen molar-refractivity contribution in [1.29, 1.82) is 5.26 Å². The fourth-order valence-electron chi connectivity index (χ4n) is 2.06. The Labute approximate surface area is 67.2 Å². The van der Waals surface area contributed by atoms with Gasteiger partial charge in [-0.1, -0.05) is 0 Å². The molecular formula is C9H13NO. The summed E-state index contributed by atoms with van der Waals surface area (Å²) in [6.07, 6.45) is 5.59. The Bertz CT molecular complexity index is 190. The van der Waals surface area contributed by atoms with Crippen molar-refractivity contribution in [2.24, 2.45) is 5.92 Å². The highest BCUT2D eigenvalue weighted by molar-refractivity contribution is 4.99. The summed E-state index contributed by atoms with van der Waals surface area (Å²) in [7, 11) is 0. The van der Waals surface area contributed by atoms with Gasteiger partial charge in [0.2, 0.25) is 0 Å². The minimum Gasteiger partial charge on any atom is -0.375 e. The van der Waals surface area contributed by atoms with E-state index in [1.807, 2.05) is 0 Å². The average Bonchev–Trinajstić information content (AvgIpc) is 2.02. The van der Waals surface area contributed by atoms with Crippen LogP contribution < -0.4 is 0 Å². The van der Waals surface area contributed by atoms with Crippen molar-refractivity contribution in [3.63, 3.8) is 0 Å². The number of rotatable bonds is 0. The molecule has 2 rings (SSSR count). The quantitative estimate of drug-likeness (QED) is 0.529. The van der Waals surface area contributed by atoms with Crippen molar-refractivity contribution in [2.75, 3.05) is 6.61 Å². The summed E-state index contributed by atoms with van der Waals surface area (Å²) in [5, 5.41) is 8.74. The van der Waals surface area contributed by atoms with Crippen LogP contribution in [0.4, 0.5) is 0 Å². The molecule has 0 bridgehead atoms. The molecule has 2 nitrogen and oxygen atoms in total. The number of hydrogen-bond acceptors (Lipinski definition) is 2. The fraction of sp³-hybridized carbons (Fsp3) is 0.889. The van der Waals surface area contributed by atoms with Crippen LogP contribution in [-0.4, -0.2) is 12.2 Å². The van der Waals surface area contributed by atoms with E-state index >= 15 is 0 Å². The zero-order chi connectivity index (χ0) is 7.73. The molecule has 1 aliphatic heterocycles. The van der Waals surface area contributed by atoms with E-state index in [2.05, 4.69) is 6.07 Å². The fourth-order valence-corrected chi connectivity index (χ4v) is 2.06. The van der Waals surface area contributed by atoms with Gasteiger partial charge in [0.1, 0.15) is 0 Å². The zero-order valence-electron chi connectivity index (χ0n) is 6.68. The largest absolute Gasteiger partial charge is 0.375 e. The maximum Gasteiger partial charge on any atom is 0.0695 e. The molecule has 60 valence electrons. The van der Waals surface area contributed by atoms with E-state index < -0.39 is 0 Å². The number of nitriles is 1. The van der Waals surface area contributed by atoms with E-state index in [-0.39, 0.29) is 11.5 Å². The standard InChI is InChI=1S/C9H13NO/c10-7-8-2-5-11-9(6-8)3-1-4-9/h8H,1-6H2. The zero-order valence-corrected chi connectivity index (χ0v) is 6.68. The molecule has 2 heteroatoms. The second-order valence-corrected chi connectivity index (χ2v) is 3.70. The third kappa shape index (κ3) is 1.14. The molecule has 0 aromatic rings. The lowest BCUT2D eigenvalue weighted by molar-refractivity contribution is -0.136. The minimum atomic E-state index is 0.151. The lowest BCUT2D eigenvalue weighted by Crippen LogP contribution is -2.45. The molecule has 1 atom stereocenters. The Hall–Kier alpha value is -0.550. The van der Waals surface area contributed by atoms with Crippen LogP contribution in [-0.2, 0) is 4.74 Å². The average molecular weight is 151 g/mol. The van der Waals surface area contributed by atoms with E-state index in [1.165, 1.54) is 19.3 Å². The summed E-state index contributed by atoms with van der Waals surface area (Å²) in [5.74, 6) is 0.268. The molecule has 1 saturated carbocycles. The summed E-state index contributed by atoms with van der Waals surface area (Å²) in [5.41, 5.74) is 0.151. The van der Waals surface area contributed by atoms with Crippen molar-refractivity contribution < 1.29 is 4.74 Å². The van der Waals surface area contributed by atoms with Gasteiger partial charge >= 0.3 is 0 Å². The number of hydrogen-bond donors (Lipinski definition) is 0. The molecule has 0 aromatic heterocycles. The van der Waals surface area contributed by atoms with Crippen LogP contribution in [0.1, 0.15) is 32.1 Å². The first-order chi connectivity index (χ1) is 5.35. The predicted octanol–water partition coefficient (Wildman–Crippen LogP) is 1.86. The molecular weight excluding hydrogens is 138 g/mol. The lowest BCUT2D eigenvalue weighted by atomic mass is 9.72. The van der Waals surface area contributed by atoms with E-state index in [0.29, 0.717) is 0 Å². The van der Waals surface area contributed by atoms with Crippen LogP contribution in [0.2, 0.25) is 0 Å². The molecule has 1 saturated heterocycles. The molecule has 1 spiro atoms. The van der Waals surface area contributed by atoms with Crippen LogP contribution >= 0.6 is 0 Å². The van der Waals surface area contributed by atoms with Crippen LogP contribution in [0.15, 0.2) is 0 Å². The molecule has 2 aliphatic rings.